The van der Waals surface area contributed by atoms with Crippen molar-refractivity contribution in [2.75, 3.05) is 11.9 Å². The number of pyridine rings is 1. The van der Waals surface area contributed by atoms with Gasteiger partial charge in [-0.25, -0.2) is 28.7 Å². The quantitative estimate of drug-likeness (QED) is 0.342. The number of piperidine rings is 1. The average molecular weight is 492 g/mol. The Morgan fingerprint density at radius 3 is 2.56 bits per heavy atom. The first-order valence-electron chi connectivity index (χ1n) is 12.5. The fourth-order valence-electron chi connectivity index (χ4n) is 5.09. The van der Waals surface area contributed by atoms with Crippen molar-refractivity contribution in [1.82, 2.24) is 29.8 Å². The number of rotatable bonds is 6. The lowest BCUT2D eigenvalue weighted by Crippen LogP contribution is -2.37. The lowest BCUT2D eigenvalue weighted by molar-refractivity contribution is 0.361. The molecule has 4 aromatic rings. The molecule has 2 N–H and O–H groups in total. The maximum absolute atomic E-state index is 14.9. The zero-order valence-electron chi connectivity index (χ0n) is 21.0. The van der Waals surface area contributed by atoms with Gasteiger partial charge in [-0.2, -0.15) is 0 Å². The van der Waals surface area contributed by atoms with Crippen molar-refractivity contribution in [2.45, 2.75) is 65.0 Å². The Balaban J connectivity index is 1.41. The van der Waals surface area contributed by atoms with E-state index in [-0.39, 0.29) is 23.2 Å². The summed E-state index contributed by atoms with van der Waals surface area (Å²) in [6.07, 6.45) is 6.58. The third kappa shape index (κ3) is 4.67. The topological polar surface area (TPSA) is 80.6 Å². The summed E-state index contributed by atoms with van der Waals surface area (Å²) in [7, 11) is 0. The molecule has 0 amide bonds. The van der Waals surface area contributed by atoms with E-state index in [2.05, 4.69) is 37.5 Å². The number of anilines is 2. The van der Waals surface area contributed by atoms with Gasteiger partial charge in [0.2, 0.25) is 5.95 Å². The number of fused-ring (bicyclic) bond motifs is 1. The summed E-state index contributed by atoms with van der Waals surface area (Å²) in [4.78, 5) is 17.3. The lowest BCUT2D eigenvalue weighted by Gasteiger charge is -2.29. The van der Waals surface area contributed by atoms with Crippen molar-refractivity contribution in [3.8, 4) is 11.3 Å². The number of nitrogens with zero attached hydrogens (tertiary/aromatic N) is 5. The summed E-state index contributed by atoms with van der Waals surface area (Å²) in [6, 6.07) is 7.43. The second-order valence-electron chi connectivity index (χ2n) is 9.79. The molecule has 0 bridgehead atoms. The zero-order valence-corrected chi connectivity index (χ0v) is 21.0. The second-order valence-corrected chi connectivity index (χ2v) is 9.79. The van der Waals surface area contributed by atoms with Crippen LogP contribution in [0.5, 0.6) is 0 Å². The van der Waals surface area contributed by atoms with E-state index >= 15 is 0 Å². The fourth-order valence-corrected chi connectivity index (χ4v) is 5.09. The predicted octanol–water partition coefficient (Wildman–Crippen LogP) is 6.05. The number of nitrogens with one attached hydrogen (secondary N) is 2. The summed E-state index contributed by atoms with van der Waals surface area (Å²) >= 11 is 0. The molecule has 2 unspecified atom stereocenters. The van der Waals surface area contributed by atoms with Crippen LogP contribution in [0.4, 0.5) is 20.5 Å². The van der Waals surface area contributed by atoms with Crippen LogP contribution in [0.3, 0.4) is 0 Å². The molecule has 5 rings (SSSR count). The van der Waals surface area contributed by atoms with Crippen LogP contribution in [0.2, 0.25) is 0 Å². The number of hydrogen-bond donors (Lipinski definition) is 2. The van der Waals surface area contributed by atoms with Gasteiger partial charge in [0.25, 0.3) is 0 Å². The molecule has 1 fully saturated rings. The lowest BCUT2D eigenvalue weighted by atomic mass is 9.89. The smallest absolute Gasteiger partial charge is 0.229 e. The van der Waals surface area contributed by atoms with Crippen LogP contribution in [0.15, 0.2) is 36.7 Å². The molecule has 3 aromatic heterocycles. The maximum atomic E-state index is 14.9. The van der Waals surface area contributed by atoms with Gasteiger partial charge in [-0.15, -0.1) is 0 Å². The molecule has 9 heteroatoms. The van der Waals surface area contributed by atoms with Gasteiger partial charge in [0.05, 0.1) is 11.7 Å². The predicted molar refractivity (Wildman–Crippen MR) is 137 cm³/mol. The summed E-state index contributed by atoms with van der Waals surface area (Å²) < 4.78 is 31.6. The molecular formula is C27H31F2N7. The summed E-state index contributed by atoms with van der Waals surface area (Å²) in [5.41, 5.74) is 2.35. The first-order valence-corrected chi connectivity index (χ1v) is 12.5. The third-order valence-corrected chi connectivity index (χ3v) is 6.96. The van der Waals surface area contributed by atoms with Gasteiger partial charge < -0.3 is 15.2 Å². The highest BCUT2D eigenvalue weighted by Gasteiger charge is 2.21. The molecule has 1 saturated heterocycles. The Hall–Kier alpha value is -3.46. The van der Waals surface area contributed by atoms with Gasteiger partial charge in [-0.3, -0.25) is 0 Å². The summed E-state index contributed by atoms with van der Waals surface area (Å²) in [5.74, 6) is 0.635. The second kappa shape index (κ2) is 9.89. The van der Waals surface area contributed by atoms with Crippen molar-refractivity contribution in [3.63, 3.8) is 0 Å². The van der Waals surface area contributed by atoms with Crippen molar-refractivity contribution in [3.05, 3.63) is 59.7 Å². The number of aryl methyl sites for hydroxylation is 1. The van der Waals surface area contributed by atoms with Gasteiger partial charge in [0.1, 0.15) is 22.9 Å². The number of hydrogen-bond acceptors (Lipinski definition) is 6. The van der Waals surface area contributed by atoms with E-state index < -0.39 is 11.6 Å². The van der Waals surface area contributed by atoms with Crippen molar-refractivity contribution in [1.29, 1.82) is 0 Å². The van der Waals surface area contributed by atoms with E-state index in [0.29, 0.717) is 34.7 Å². The van der Waals surface area contributed by atoms with Crippen molar-refractivity contribution >= 4 is 22.8 Å². The average Bonchev–Trinajstić information content (AvgIpc) is 3.22. The van der Waals surface area contributed by atoms with Crippen LogP contribution >= 0.6 is 0 Å². The normalized spacial score (nSPS) is 17.0. The molecule has 0 radical (unpaired) electrons. The van der Waals surface area contributed by atoms with Crippen molar-refractivity contribution in [2.24, 2.45) is 0 Å². The molecule has 0 saturated carbocycles. The van der Waals surface area contributed by atoms with Gasteiger partial charge in [-0.05, 0) is 69.8 Å². The molecule has 1 aliphatic heterocycles. The molecule has 7 nitrogen and oxygen atoms in total. The minimum Gasteiger partial charge on any atom is -0.326 e. The van der Waals surface area contributed by atoms with Crippen LogP contribution in [-0.2, 0) is 0 Å². The van der Waals surface area contributed by atoms with E-state index in [0.717, 1.165) is 24.7 Å². The zero-order chi connectivity index (χ0) is 25.4. The largest absolute Gasteiger partial charge is 0.326 e. The standard InChI is InChI=1S/C27H31F2N7/c1-15(2)36-17(4)33-26-20(28)11-19(12-23(26)36)25-21(29)14-32-27(35-25)34-24-9-8-18(13-31-24)16(3)22-7-5-6-10-30-22/h8-9,11-16,22,30H,5-7,10H2,1-4H3,(H,31,32,34,35). The van der Waals surface area contributed by atoms with E-state index in [1.165, 1.54) is 18.9 Å². The molecule has 4 heterocycles. The number of halogens is 2. The Labute approximate surface area is 209 Å². The Morgan fingerprint density at radius 1 is 1.03 bits per heavy atom. The van der Waals surface area contributed by atoms with Crippen LogP contribution in [0, 0.1) is 18.6 Å². The molecular weight excluding hydrogens is 460 g/mol. The minimum absolute atomic E-state index is 0.0103. The number of aromatic nitrogens is 5. The highest BCUT2D eigenvalue weighted by Crippen LogP contribution is 2.31. The Morgan fingerprint density at radius 2 is 1.86 bits per heavy atom. The highest BCUT2D eigenvalue weighted by atomic mass is 19.1. The Bertz CT molecular complexity index is 1380. The molecule has 2 atom stereocenters. The van der Waals surface area contributed by atoms with Gasteiger partial charge in [0, 0.05) is 23.8 Å². The first kappa shape index (κ1) is 24.2. The monoisotopic (exact) mass is 491 g/mol. The molecule has 1 aliphatic rings. The molecule has 188 valence electrons. The third-order valence-electron chi connectivity index (χ3n) is 6.96. The summed E-state index contributed by atoms with van der Waals surface area (Å²) in [5, 5.41) is 6.64. The van der Waals surface area contributed by atoms with Crippen LogP contribution in [0.25, 0.3) is 22.3 Å². The SMILES string of the molecule is Cc1nc2c(F)cc(-c3nc(Nc4ccc(C(C)C5CCCCN5)cn4)ncc3F)cc2n1C(C)C. The van der Waals surface area contributed by atoms with Gasteiger partial charge in [0.15, 0.2) is 11.6 Å². The molecule has 0 spiro atoms. The van der Waals surface area contributed by atoms with Crippen molar-refractivity contribution < 1.29 is 8.78 Å². The van der Waals surface area contributed by atoms with Crippen LogP contribution in [-0.4, -0.2) is 37.1 Å². The van der Waals surface area contributed by atoms with Gasteiger partial charge >= 0.3 is 0 Å². The number of imidazole rings is 1. The van der Waals surface area contributed by atoms with Crippen LogP contribution < -0.4 is 10.6 Å². The van der Waals surface area contributed by atoms with Crippen LogP contribution in [0.1, 0.15) is 63.4 Å². The first-order chi connectivity index (χ1) is 17.3. The summed E-state index contributed by atoms with van der Waals surface area (Å²) in [6.45, 7) is 9.10. The Kier molecular flexibility index (Phi) is 6.66. The molecule has 36 heavy (non-hydrogen) atoms. The van der Waals surface area contributed by atoms with E-state index in [4.69, 9.17) is 0 Å². The van der Waals surface area contributed by atoms with E-state index in [1.807, 2.05) is 43.7 Å². The fraction of sp³-hybridized carbons (Fsp3) is 0.407. The minimum atomic E-state index is -0.635. The number of benzene rings is 1. The molecule has 1 aromatic carbocycles. The highest BCUT2D eigenvalue weighted by molar-refractivity contribution is 5.83. The van der Waals surface area contributed by atoms with E-state index in [9.17, 15) is 8.78 Å². The maximum Gasteiger partial charge on any atom is 0.229 e. The van der Waals surface area contributed by atoms with E-state index in [1.54, 1.807) is 6.07 Å². The van der Waals surface area contributed by atoms with Gasteiger partial charge in [-0.1, -0.05) is 19.4 Å². The molecule has 0 aliphatic carbocycles.